The lowest BCUT2D eigenvalue weighted by atomic mass is 10.1. The highest BCUT2D eigenvalue weighted by Crippen LogP contribution is 2.33. The highest BCUT2D eigenvalue weighted by Gasteiger charge is 2.23. The first-order valence-corrected chi connectivity index (χ1v) is 7.57. The van der Waals surface area contributed by atoms with E-state index in [4.69, 9.17) is 0 Å². The lowest BCUT2D eigenvalue weighted by Gasteiger charge is -2.11. The van der Waals surface area contributed by atoms with E-state index in [1.165, 1.54) is 18.2 Å². The Morgan fingerprint density at radius 2 is 1.60 bits per heavy atom. The zero-order valence-corrected chi connectivity index (χ0v) is 12.3. The van der Waals surface area contributed by atoms with Crippen molar-refractivity contribution in [2.75, 3.05) is 0 Å². The van der Waals surface area contributed by atoms with Crippen LogP contribution in [-0.4, -0.2) is 18.6 Å². The molecule has 0 amide bonds. The van der Waals surface area contributed by atoms with Crippen molar-refractivity contribution >= 4 is 9.84 Å². The summed E-state index contributed by atoms with van der Waals surface area (Å²) < 4.78 is 25.1. The third kappa shape index (κ3) is 2.25. The number of sulfone groups is 1. The number of aryl methyl sites for hydroxylation is 2. The Morgan fingerprint density at radius 1 is 0.950 bits per heavy atom. The van der Waals surface area contributed by atoms with Gasteiger partial charge in [0.1, 0.15) is 16.4 Å². The number of phenolic OH excluding ortho intramolecular Hbond substituents is 2. The van der Waals surface area contributed by atoms with E-state index in [2.05, 4.69) is 0 Å². The second kappa shape index (κ2) is 4.83. The molecule has 0 bridgehead atoms. The van der Waals surface area contributed by atoms with Crippen molar-refractivity contribution in [2.24, 2.45) is 0 Å². The topological polar surface area (TPSA) is 74.6 Å². The summed E-state index contributed by atoms with van der Waals surface area (Å²) in [5, 5.41) is 19.7. The Kier molecular flexibility index (Phi) is 3.48. The predicted octanol–water partition coefficient (Wildman–Crippen LogP) is 2.86. The predicted molar refractivity (Wildman–Crippen MR) is 75.9 cm³/mol. The van der Waals surface area contributed by atoms with E-state index in [1.807, 2.05) is 0 Å². The molecule has 2 rings (SSSR count). The molecule has 2 aromatic carbocycles. The van der Waals surface area contributed by atoms with Gasteiger partial charge in [-0.2, -0.15) is 0 Å². The molecule has 0 aromatic heterocycles. The second-order valence-corrected chi connectivity index (χ2v) is 6.73. The van der Waals surface area contributed by atoms with Gasteiger partial charge in [0.2, 0.25) is 9.84 Å². The van der Waals surface area contributed by atoms with Gasteiger partial charge in [0, 0.05) is 0 Å². The molecule has 20 heavy (non-hydrogen) atoms. The number of hydrogen-bond acceptors (Lipinski definition) is 4. The van der Waals surface area contributed by atoms with E-state index in [9.17, 15) is 18.6 Å². The van der Waals surface area contributed by atoms with Crippen LogP contribution in [0.2, 0.25) is 0 Å². The number of phenols is 2. The van der Waals surface area contributed by atoms with Crippen molar-refractivity contribution in [1.82, 2.24) is 0 Å². The van der Waals surface area contributed by atoms with Crippen LogP contribution in [0.15, 0.2) is 40.1 Å². The standard InChI is InChI=1S/C15H16O4S/c1-9-5-4-6-14(15(9)17)20(18,19)12-7-10(2)11(3)13(16)8-12/h4-8,16-17H,1-3H3. The van der Waals surface area contributed by atoms with Crippen LogP contribution in [0.3, 0.4) is 0 Å². The Morgan fingerprint density at radius 3 is 2.20 bits per heavy atom. The minimum atomic E-state index is -3.86. The molecular weight excluding hydrogens is 276 g/mol. The lowest BCUT2D eigenvalue weighted by molar-refractivity contribution is 0.454. The summed E-state index contributed by atoms with van der Waals surface area (Å²) in [6.45, 7) is 5.07. The number of aromatic hydroxyl groups is 2. The van der Waals surface area contributed by atoms with Crippen LogP contribution < -0.4 is 0 Å². The molecule has 0 aliphatic heterocycles. The third-order valence-corrected chi connectivity index (χ3v) is 5.18. The average molecular weight is 292 g/mol. The fourth-order valence-corrected chi connectivity index (χ4v) is 3.47. The van der Waals surface area contributed by atoms with Gasteiger partial charge in [-0.3, -0.25) is 0 Å². The number of hydrogen-bond donors (Lipinski definition) is 2. The van der Waals surface area contributed by atoms with E-state index in [0.717, 1.165) is 0 Å². The van der Waals surface area contributed by atoms with Gasteiger partial charge in [0.05, 0.1) is 4.90 Å². The smallest absolute Gasteiger partial charge is 0.210 e. The number of rotatable bonds is 2. The van der Waals surface area contributed by atoms with Crippen molar-refractivity contribution < 1.29 is 18.6 Å². The average Bonchev–Trinajstić information content (AvgIpc) is 2.38. The van der Waals surface area contributed by atoms with Gasteiger partial charge < -0.3 is 10.2 Å². The second-order valence-electron chi connectivity index (χ2n) is 4.81. The maximum absolute atomic E-state index is 12.6. The Labute approximate surface area is 118 Å². The van der Waals surface area contributed by atoms with Crippen molar-refractivity contribution in [3.63, 3.8) is 0 Å². The molecule has 0 spiro atoms. The Balaban J connectivity index is 2.70. The van der Waals surface area contributed by atoms with Crippen LogP contribution in [0.5, 0.6) is 11.5 Å². The first-order chi connectivity index (χ1) is 9.25. The summed E-state index contributed by atoms with van der Waals surface area (Å²) in [6, 6.07) is 7.25. The van der Waals surface area contributed by atoms with Crippen LogP contribution in [0, 0.1) is 20.8 Å². The molecule has 0 radical (unpaired) electrons. The van der Waals surface area contributed by atoms with Gasteiger partial charge in [0.25, 0.3) is 0 Å². The summed E-state index contributed by atoms with van der Waals surface area (Å²) in [5.74, 6) is -0.332. The van der Waals surface area contributed by atoms with Gasteiger partial charge in [-0.05, 0) is 55.7 Å². The van der Waals surface area contributed by atoms with Crippen LogP contribution in [0.4, 0.5) is 0 Å². The molecule has 0 unspecified atom stereocenters. The van der Waals surface area contributed by atoms with E-state index >= 15 is 0 Å². The van der Waals surface area contributed by atoms with Gasteiger partial charge >= 0.3 is 0 Å². The first kappa shape index (κ1) is 14.4. The first-order valence-electron chi connectivity index (χ1n) is 6.09. The van der Waals surface area contributed by atoms with Crippen molar-refractivity contribution in [2.45, 2.75) is 30.6 Å². The minimum Gasteiger partial charge on any atom is -0.508 e. The van der Waals surface area contributed by atoms with Gasteiger partial charge in [-0.25, -0.2) is 8.42 Å². The molecule has 0 aliphatic carbocycles. The molecule has 2 N–H and O–H groups in total. The highest BCUT2D eigenvalue weighted by atomic mass is 32.2. The van der Waals surface area contributed by atoms with E-state index < -0.39 is 9.84 Å². The molecule has 0 saturated carbocycles. The monoisotopic (exact) mass is 292 g/mol. The van der Waals surface area contributed by atoms with E-state index in [1.54, 1.807) is 32.9 Å². The molecule has 0 heterocycles. The minimum absolute atomic E-state index is 0.0287. The van der Waals surface area contributed by atoms with Gasteiger partial charge in [-0.1, -0.05) is 12.1 Å². The summed E-state index contributed by atoms with van der Waals surface area (Å²) in [7, 11) is -3.86. The van der Waals surface area contributed by atoms with Crippen LogP contribution in [0.25, 0.3) is 0 Å². The van der Waals surface area contributed by atoms with Crippen LogP contribution in [-0.2, 0) is 9.84 Å². The molecule has 0 atom stereocenters. The highest BCUT2D eigenvalue weighted by molar-refractivity contribution is 7.91. The van der Waals surface area contributed by atoms with Crippen molar-refractivity contribution in [3.05, 3.63) is 47.0 Å². The lowest BCUT2D eigenvalue weighted by Crippen LogP contribution is -2.04. The van der Waals surface area contributed by atoms with Crippen molar-refractivity contribution in [3.8, 4) is 11.5 Å². The van der Waals surface area contributed by atoms with Crippen LogP contribution >= 0.6 is 0 Å². The molecule has 4 nitrogen and oxygen atoms in total. The molecule has 0 fully saturated rings. The van der Waals surface area contributed by atoms with E-state index in [-0.39, 0.29) is 21.3 Å². The maximum atomic E-state index is 12.6. The van der Waals surface area contributed by atoms with E-state index in [0.29, 0.717) is 16.7 Å². The molecule has 5 heteroatoms. The van der Waals surface area contributed by atoms with Crippen LogP contribution in [0.1, 0.15) is 16.7 Å². The molecule has 106 valence electrons. The summed E-state index contributed by atoms with van der Waals surface area (Å²) >= 11 is 0. The van der Waals surface area contributed by atoms with Crippen molar-refractivity contribution in [1.29, 1.82) is 0 Å². The summed E-state index contributed by atoms with van der Waals surface area (Å²) in [4.78, 5) is -0.181. The largest absolute Gasteiger partial charge is 0.508 e. The fraction of sp³-hybridized carbons (Fsp3) is 0.200. The Hall–Kier alpha value is -2.01. The SMILES string of the molecule is Cc1cc(S(=O)(=O)c2cccc(C)c2O)cc(O)c1C. The molecule has 2 aromatic rings. The Bertz CT molecular complexity index is 753. The summed E-state index contributed by atoms with van der Waals surface area (Å²) in [5.41, 5.74) is 1.80. The maximum Gasteiger partial charge on any atom is 0.210 e. The van der Waals surface area contributed by atoms with Gasteiger partial charge in [-0.15, -0.1) is 0 Å². The summed E-state index contributed by atoms with van der Waals surface area (Å²) in [6.07, 6.45) is 0. The number of benzene rings is 2. The third-order valence-electron chi connectivity index (χ3n) is 3.41. The molecule has 0 saturated heterocycles. The fourth-order valence-electron chi connectivity index (χ4n) is 1.94. The molecule has 0 aliphatic rings. The molecular formula is C15H16O4S. The zero-order chi connectivity index (χ0) is 15.1. The number of para-hydroxylation sites is 1. The zero-order valence-electron chi connectivity index (χ0n) is 11.5. The quantitative estimate of drug-likeness (QED) is 0.892. The van der Waals surface area contributed by atoms with Gasteiger partial charge in [0.15, 0.2) is 0 Å². The normalized spacial score (nSPS) is 11.6.